The molecule has 1 fully saturated rings. The molecule has 0 amide bonds. The van der Waals surface area contributed by atoms with Gasteiger partial charge in [-0.05, 0) is 31.0 Å². The topological polar surface area (TPSA) is 66.0 Å². The van der Waals surface area contributed by atoms with Gasteiger partial charge in [-0.25, -0.2) is 4.98 Å². The minimum absolute atomic E-state index is 0.519. The molecule has 4 rings (SSSR count). The number of hydrogen-bond acceptors (Lipinski definition) is 4. The number of anilines is 1. The van der Waals surface area contributed by atoms with Crippen molar-refractivity contribution in [3.8, 4) is 17.1 Å². The van der Waals surface area contributed by atoms with Gasteiger partial charge in [-0.1, -0.05) is 0 Å². The number of ether oxygens (including phenoxy) is 1. The second kappa shape index (κ2) is 4.48. The summed E-state index contributed by atoms with van der Waals surface area (Å²) in [7, 11) is 1.67. The lowest BCUT2D eigenvalue weighted by atomic mass is 10.2. The second-order valence-corrected chi connectivity index (χ2v) is 5.35. The van der Waals surface area contributed by atoms with Gasteiger partial charge >= 0.3 is 0 Å². The van der Waals surface area contributed by atoms with E-state index < -0.39 is 0 Å². The van der Waals surface area contributed by atoms with Crippen molar-refractivity contribution in [1.82, 2.24) is 14.5 Å². The summed E-state index contributed by atoms with van der Waals surface area (Å²) in [6.45, 7) is 0. The van der Waals surface area contributed by atoms with Gasteiger partial charge in [0.15, 0.2) is 0 Å². The van der Waals surface area contributed by atoms with Crippen molar-refractivity contribution in [2.45, 2.75) is 18.9 Å². The molecule has 0 saturated heterocycles. The van der Waals surface area contributed by atoms with Gasteiger partial charge in [-0.3, -0.25) is 4.98 Å². The monoisotopic (exact) mass is 280 g/mol. The highest BCUT2D eigenvalue weighted by molar-refractivity contribution is 5.84. The number of benzene rings is 1. The zero-order valence-electron chi connectivity index (χ0n) is 11.8. The molecule has 3 aromatic rings. The summed E-state index contributed by atoms with van der Waals surface area (Å²) < 4.78 is 7.59. The summed E-state index contributed by atoms with van der Waals surface area (Å²) >= 11 is 0. The molecular formula is C16H16N4O. The van der Waals surface area contributed by atoms with E-state index in [0.29, 0.717) is 11.7 Å². The number of methoxy groups -OCH3 is 1. The van der Waals surface area contributed by atoms with Crippen LogP contribution in [-0.2, 0) is 0 Å². The minimum Gasteiger partial charge on any atom is -0.497 e. The van der Waals surface area contributed by atoms with E-state index in [1.807, 2.05) is 18.2 Å². The Morgan fingerprint density at radius 1 is 1.29 bits per heavy atom. The fourth-order valence-corrected chi connectivity index (χ4v) is 2.71. The summed E-state index contributed by atoms with van der Waals surface area (Å²) in [5.74, 6) is 1.73. The lowest BCUT2D eigenvalue weighted by Crippen LogP contribution is -2.00. The Balaban J connectivity index is 1.99. The Labute approximate surface area is 122 Å². The third-order valence-electron chi connectivity index (χ3n) is 3.90. The molecule has 2 N–H and O–H groups in total. The van der Waals surface area contributed by atoms with Crippen molar-refractivity contribution in [3.63, 3.8) is 0 Å². The van der Waals surface area contributed by atoms with Crippen LogP contribution in [0, 0.1) is 0 Å². The molecule has 5 heteroatoms. The van der Waals surface area contributed by atoms with Crippen molar-refractivity contribution in [1.29, 1.82) is 0 Å². The largest absolute Gasteiger partial charge is 0.497 e. The van der Waals surface area contributed by atoms with Gasteiger partial charge in [-0.15, -0.1) is 0 Å². The lowest BCUT2D eigenvalue weighted by molar-refractivity contribution is 0.415. The highest BCUT2D eigenvalue weighted by Crippen LogP contribution is 2.42. The first-order valence-electron chi connectivity index (χ1n) is 7.04. The van der Waals surface area contributed by atoms with E-state index in [2.05, 4.69) is 15.6 Å². The maximum atomic E-state index is 6.08. The number of aromatic nitrogens is 3. The van der Waals surface area contributed by atoms with E-state index in [-0.39, 0.29) is 0 Å². The normalized spacial score (nSPS) is 14.5. The van der Waals surface area contributed by atoms with Crippen LogP contribution in [0.5, 0.6) is 5.75 Å². The standard InChI is InChI=1S/C16H16N4O/c1-21-11-4-5-15-14(8-11)19-16(20(15)10-2-3-10)12-6-7-18-9-13(12)17/h4-10H,2-3,17H2,1H3. The van der Waals surface area contributed by atoms with Gasteiger partial charge in [-0.2, -0.15) is 0 Å². The molecule has 5 nitrogen and oxygen atoms in total. The predicted octanol–water partition coefficient (Wildman–Crippen LogP) is 3.02. The van der Waals surface area contributed by atoms with Gasteiger partial charge in [0, 0.05) is 23.9 Å². The van der Waals surface area contributed by atoms with Crippen LogP contribution in [0.3, 0.4) is 0 Å². The van der Waals surface area contributed by atoms with E-state index in [9.17, 15) is 0 Å². The van der Waals surface area contributed by atoms with E-state index >= 15 is 0 Å². The van der Waals surface area contributed by atoms with E-state index in [1.165, 1.54) is 12.8 Å². The van der Waals surface area contributed by atoms with E-state index in [0.717, 1.165) is 28.2 Å². The average Bonchev–Trinajstić information content (AvgIpc) is 3.27. The van der Waals surface area contributed by atoms with Crippen LogP contribution >= 0.6 is 0 Å². The van der Waals surface area contributed by atoms with Gasteiger partial charge in [0.2, 0.25) is 0 Å². The molecule has 0 bridgehead atoms. The minimum atomic E-state index is 0.519. The number of pyridine rings is 1. The van der Waals surface area contributed by atoms with Crippen LogP contribution < -0.4 is 10.5 Å². The number of fused-ring (bicyclic) bond motifs is 1. The van der Waals surface area contributed by atoms with Crippen LogP contribution in [-0.4, -0.2) is 21.6 Å². The molecule has 0 atom stereocenters. The molecule has 1 aliphatic rings. The van der Waals surface area contributed by atoms with E-state index in [4.69, 9.17) is 15.5 Å². The molecular weight excluding hydrogens is 264 g/mol. The summed E-state index contributed by atoms with van der Waals surface area (Å²) in [6, 6.07) is 8.45. The smallest absolute Gasteiger partial charge is 0.143 e. The zero-order chi connectivity index (χ0) is 14.4. The van der Waals surface area contributed by atoms with Crippen LogP contribution in [0.25, 0.3) is 22.4 Å². The Morgan fingerprint density at radius 2 is 2.14 bits per heavy atom. The molecule has 1 aromatic carbocycles. The maximum absolute atomic E-state index is 6.08. The number of imidazole rings is 1. The van der Waals surface area contributed by atoms with Gasteiger partial charge in [0.1, 0.15) is 11.6 Å². The average molecular weight is 280 g/mol. The fourth-order valence-electron chi connectivity index (χ4n) is 2.71. The fraction of sp³-hybridized carbons (Fsp3) is 0.250. The molecule has 106 valence electrons. The van der Waals surface area contributed by atoms with Gasteiger partial charge < -0.3 is 15.0 Å². The first-order valence-corrected chi connectivity index (χ1v) is 7.04. The molecule has 2 heterocycles. The third-order valence-corrected chi connectivity index (χ3v) is 3.90. The van der Waals surface area contributed by atoms with Gasteiger partial charge in [0.25, 0.3) is 0 Å². The number of nitrogens with two attached hydrogens (primary N) is 1. The van der Waals surface area contributed by atoms with Gasteiger partial charge in [0.05, 0.1) is 30.0 Å². The number of nitrogens with zero attached hydrogens (tertiary/aromatic N) is 3. The molecule has 1 saturated carbocycles. The highest BCUT2D eigenvalue weighted by atomic mass is 16.5. The number of nitrogen functional groups attached to an aromatic ring is 1. The number of hydrogen-bond donors (Lipinski definition) is 1. The Bertz CT molecular complexity index is 820. The number of rotatable bonds is 3. The van der Waals surface area contributed by atoms with Crippen molar-refractivity contribution in [2.75, 3.05) is 12.8 Å². The predicted molar refractivity (Wildman–Crippen MR) is 82.2 cm³/mol. The highest BCUT2D eigenvalue weighted by Gasteiger charge is 2.29. The quantitative estimate of drug-likeness (QED) is 0.801. The maximum Gasteiger partial charge on any atom is 0.143 e. The van der Waals surface area contributed by atoms with Crippen LogP contribution in [0.4, 0.5) is 5.69 Å². The van der Waals surface area contributed by atoms with Crippen molar-refractivity contribution < 1.29 is 4.74 Å². The molecule has 21 heavy (non-hydrogen) atoms. The molecule has 0 unspecified atom stereocenters. The Kier molecular flexibility index (Phi) is 2.60. The SMILES string of the molecule is COc1ccc2c(c1)nc(-c1ccncc1N)n2C1CC1. The molecule has 0 radical (unpaired) electrons. The summed E-state index contributed by atoms with van der Waals surface area (Å²) in [5.41, 5.74) is 9.74. The Hall–Kier alpha value is -2.56. The molecule has 0 aliphatic heterocycles. The third kappa shape index (κ3) is 1.93. The van der Waals surface area contributed by atoms with Crippen LogP contribution in [0.1, 0.15) is 18.9 Å². The van der Waals surface area contributed by atoms with Crippen molar-refractivity contribution in [3.05, 3.63) is 36.7 Å². The molecule has 1 aliphatic carbocycles. The Morgan fingerprint density at radius 3 is 2.86 bits per heavy atom. The molecule has 0 spiro atoms. The first-order chi connectivity index (χ1) is 10.3. The summed E-state index contributed by atoms with van der Waals surface area (Å²) in [6.07, 6.45) is 5.81. The van der Waals surface area contributed by atoms with Crippen LogP contribution in [0.2, 0.25) is 0 Å². The summed E-state index contributed by atoms with van der Waals surface area (Å²) in [5, 5.41) is 0. The van der Waals surface area contributed by atoms with Crippen molar-refractivity contribution in [2.24, 2.45) is 0 Å². The first kappa shape index (κ1) is 12.2. The summed E-state index contributed by atoms with van der Waals surface area (Å²) in [4.78, 5) is 8.85. The van der Waals surface area contributed by atoms with Crippen molar-refractivity contribution >= 4 is 16.7 Å². The second-order valence-electron chi connectivity index (χ2n) is 5.35. The van der Waals surface area contributed by atoms with Crippen LogP contribution in [0.15, 0.2) is 36.7 Å². The van der Waals surface area contributed by atoms with E-state index in [1.54, 1.807) is 19.5 Å². The molecule has 2 aromatic heterocycles. The zero-order valence-corrected chi connectivity index (χ0v) is 11.8. The lowest BCUT2D eigenvalue weighted by Gasteiger charge is -2.09.